The third-order valence-electron chi connectivity index (χ3n) is 6.24. The molecular weight excluding hydrogens is 494 g/mol. The second-order valence-corrected chi connectivity index (χ2v) is 9.21. The molecule has 0 radical (unpaired) electrons. The molecule has 3 aromatic carbocycles. The van der Waals surface area contributed by atoms with Crippen LogP contribution in [-0.2, 0) is 4.79 Å². The smallest absolute Gasteiger partial charge is 0.322 e. The summed E-state index contributed by atoms with van der Waals surface area (Å²) >= 11 is 0. The number of hydrogen-bond donors (Lipinski definition) is 2. The predicted octanol–water partition coefficient (Wildman–Crippen LogP) is 5.75. The van der Waals surface area contributed by atoms with Crippen LogP contribution in [0.5, 0.6) is 11.5 Å². The molecule has 1 aromatic heterocycles. The van der Waals surface area contributed by atoms with Crippen LogP contribution in [0.2, 0.25) is 0 Å². The largest absolute Gasteiger partial charge is 0.497 e. The van der Waals surface area contributed by atoms with Crippen molar-refractivity contribution in [1.82, 2.24) is 14.7 Å². The lowest BCUT2D eigenvalue weighted by Crippen LogP contribution is -2.44. The third-order valence-corrected chi connectivity index (χ3v) is 6.24. The number of amides is 3. The van der Waals surface area contributed by atoms with Crippen molar-refractivity contribution >= 4 is 23.4 Å². The Bertz CT molecular complexity index is 1410. The first-order valence-electron chi connectivity index (χ1n) is 12.6. The zero-order chi connectivity index (χ0) is 27.9. The summed E-state index contributed by atoms with van der Waals surface area (Å²) < 4.78 is 12.2. The molecule has 0 fully saturated rings. The lowest BCUT2D eigenvalue weighted by atomic mass is 10.1. The van der Waals surface area contributed by atoms with E-state index < -0.39 is 0 Å². The Hall–Kier alpha value is -4.79. The van der Waals surface area contributed by atoms with Crippen LogP contribution < -0.4 is 20.1 Å². The number of ether oxygens (including phenoxy) is 2. The number of carbonyl (C=O) groups excluding carboxylic acids is 2. The third kappa shape index (κ3) is 6.38. The summed E-state index contributed by atoms with van der Waals surface area (Å²) in [6.45, 7) is 5.48. The number of carbonyl (C=O) groups is 2. The first-order valence-corrected chi connectivity index (χ1v) is 12.6. The molecule has 0 atom stereocenters. The van der Waals surface area contributed by atoms with Gasteiger partial charge in [-0.2, -0.15) is 5.10 Å². The Balaban J connectivity index is 1.61. The second kappa shape index (κ2) is 12.2. The number of anilines is 2. The fraction of sp³-hybridized carbons (Fsp3) is 0.233. The zero-order valence-electron chi connectivity index (χ0n) is 22.8. The molecule has 9 nitrogen and oxygen atoms in total. The van der Waals surface area contributed by atoms with Crippen molar-refractivity contribution in [2.45, 2.75) is 26.8 Å². The second-order valence-electron chi connectivity index (χ2n) is 9.21. The van der Waals surface area contributed by atoms with Crippen molar-refractivity contribution in [2.24, 2.45) is 0 Å². The van der Waals surface area contributed by atoms with E-state index in [1.54, 1.807) is 43.2 Å². The van der Waals surface area contributed by atoms with E-state index in [1.807, 2.05) is 75.4 Å². The highest BCUT2D eigenvalue weighted by Gasteiger charge is 2.24. The first kappa shape index (κ1) is 27.3. The Kier molecular flexibility index (Phi) is 8.50. The molecule has 0 aliphatic heterocycles. The number of nitrogens with zero attached hydrogens (tertiary/aromatic N) is 3. The summed E-state index contributed by atoms with van der Waals surface area (Å²) in [5.74, 6) is 1.58. The van der Waals surface area contributed by atoms with Crippen LogP contribution in [0.4, 0.5) is 16.3 Å². The van der Waals surface area contributed by atoms with Crippen LogP contribution in [0.1, 0.15) is 19.5 Å². The molecule has 0 spiro atoms. The summed E-state index contributed by atoms with van der Waals surface area (Å²) in [5.41, 5.74) is 3.84. The molecule has 0 bridgehead atoms. The zero-order valence-corrected chi connectivity index (χ0v) is 22.8. The highest BCUT2D eigenvalue weighted by Crippen LogP contribution is 2.33. The molecule has 3 amide bonds. The van der Waals surface area contributed by atoms with Gasteiger partial charge in [0.05, 0.1) is 25.6 Å². The normalized spacial score (nSPS) is 10.7. The summed E-state index contributed by atoms with van der Waals surface area (Å²) in [4.78, 5) is 28.0. The van der Waals surface area contributed by atoms with E-state index in [0.717, 1.165) is 22.5 Å². The number of benzene rings is 3. The molecule has 0 aliphatic rings. The molecular formula is C30H33N5O4. The minimum absolute atomic E-state index is 0.152. The van der Waals surface area contributed by atoms with Gasteiger partial charge in [-0.05, 0) is 74.9 Å². The maximum atomic E-state index is 13.4. The Morgan fingerprint density at radius 3 is 2.03 bits per heavy atom. The van der Waals surface area contributed by atoms with Crippen LogP contribution >= 0.6 is 0 Å². The summed E-state index contributed by atoms with van der Waals surface area (Å²) in [7, 11) is 3.19. The van der Waals surface area contributed by atoms with Crippen molar-refractivity contribution in [3.8, 4) is 28.3 Å². The van der Waals surface area contributed by atoms with E-state index in [9.17, 15) is 9.59 Å². The quantitative estimate of drug-likeness (QED) is 0.289. The maximum absolute atomic E-state index is 13.4. The van der Waals surface area contributed by atoms with E-state index in [1.165, 1.54) is 4.90 Å². The summed E-state index contributed by atoms with van der Waals surface area (Å²) in [6.07, 6.45) is 0. The predicted molar refractivity (Wildman–Crippen MR) is 153 cm³/mol. The number of urea groups is 1. The van der Waals surface area contributed by atoms with Crippen molar-refractivity contribution in [1.29, 1.82) is 0 Å². The van der Waals surface area contributed by atoms with Crippen molar-refractivity contribution in [2.75, 3.05) is 31.4 Å². The molecule has 202 valence electrons. The highest BCUT2D eigenvalue weighted by atomic mass is 16.5. The lowest BCUT2D eigenvalue weighted by Gasteiger charge is -2.26. The fourth-order valence-electron chi connectivity index (χ4n) is 4.19. The molecule has 9 heteroatoms. The monoisotopic (exact) mass is 527 g/mol. The van der Waals surface area contributed by atoms with Gasteiger partial charge in [-0.1, -0.05) is 30.3 Å². The first-order chi connectivity index (χ1) is 18.8. The summed E-state index contributed by atoms with van der Waals surface area (Å²) in [6, 6.07) is 23.6. The number of aryl methyl sites for hydroxylation is 1. The van der Waals surface area contributed by atoms with Gasteiger partial charge in [0.2, 0.25) is 5.91 Å². The average Bonchev–Trinajstić information content (AvgIpc) is 3.27. The van der Waals surface area contributed by atoms with Gasteiger partial charge in [0.15, 0.2) is 0 Å². The molecule has 0 saturated heterocycles. The average molecular weight is 528 g/mol. The van der Waals surface area contributed by atoms with Gasteiger partial charge >= 0.3 is 6.03 Å². The van der Waals surface area contributed by atoms with Gasteiger partial charge in [0, 0.05) is 17.3 Å². The van der Waals surface area contributed by atoms with Crippen molar-refractivity contribution in [3.63, 3.8) is 0 Å². The molecule has 0 saturated carbocycles. The molecule has 39 heavy (non-hydrogen) atoms. The van der Waals surface area contributed by atoms with E-state index in [-0.39, 0.29) is 24.5 Å². The van der Waals surface area contributed by atoms with E-state index in [4.69, 9.17) is 14.6 Å². The fourth-order valence-corrected chi connectivity index (χ4v) is 4.19. The van der Waals surface area contributed by atoms with Gasteiger partial charge in [0.25, 0.3) is 0 Å². The number of rotatable bonds is 9. The number of methoxy groups -OCH3 is 2. The Labute approximate surface area is 228 Å². The molecule has 4 aromatic rings. The van der Waals surface area contributed by atoms with E-state index in [2.05, 4.69) is 10.6 Å². The van der Waals surface area contributed by atoms with E-state index in [0.29, 0.717) is 23.0 Å². The van der Waals surface area contributed by atoms with Crippen LogP contribution in [0.15, 0.2) is 78.9 Å². The standard InChI is InChI=1S/C30H33N5O4/c1-20(2)34(30(37)31-23-11-15-25(38-4)16-12-23)19-27(36)32-29-28(22-9-7-6-8-10-22)21(3)33-35(29)24-13-17-26(39-5)18-14-24/h6-18,20H,19H2,1-5H3,(H,31,37)(H,32,36). The van der Waals surface area contributed by atoms with Crippen molar-refractivity contribution < 1.29 is 19.1 Å². The van der Waals surface area contributed by atoms with Crippen LogP contribution in [-0.4, -0.2) is 53.4 Å². The molecule has 0 aliphatic carbocycles. The topological polar surface area (TPSA) is 97.7 Å². The van der Waals surface area contributed by atoms with Crippen LogP contribution in [0, 0.1) is 6.92 Å². The van der Waals surface area contributed by atoms with Gasteiger partial charge in [-0.15, -0.1) is 0 Å². The van der Waals surface area contributed by atoms with Gasteiger partial charge in [-0.25, -0.2) is 9.48 Å². The van der Waals surface area contributed by atoms with Crippen LogP contribution in [0.25, 0.3) is 16.8 Å². The number of hydrogen-bond acceptors (Lipinski definition) is 5. The number of nitrogens with one attached hydrogen (secondary N) is 2. The Morgan fingerprint density at radius 2 is 1.46 bits per heavy atom. The lowest BCUT2D eigenvalue weighted by molar-refractivity contribution is -0.117. The van der Waals surface area contributed by atoms with Gasteiger partial charge < -0.3 is 25.0 Å². The minimum atomic E-state index is -0.381. The molecule has 0 unspecified atom stereocenters. The molecule has 2 N–H and O–H groups in total. The van der Waals surface area contributed by atoms with E-state index >= 15 is 0 Å². The highest BCUT2D eigenvalue weighted by molar-refractivity contribution is 5.99. The van der Waals surface area contributed by atoms with Crippen molar-refractivity contribution in [3.05, 3.63) is 84.6 Å². The maximum Gasteiger partial charge on any atom is 0.322 e. The SMILES string of the molecule is COc1ccc(NC(=O)N(CC(=O)Nc2c(-c3ccccc3)c(C)nn2-c2ccc(OC)cc2)C(C)C)cc1. The van der Waals surface area contributed by atoms with Gasteiger partial charge in [0.1, 0.15) is 23.9 Å². The van der Waals surface area contributed by atoms with Gasteiger partial charge in [-0.3, -0.25) is 4.79 Å². The number of aromatic nitrogens is 2. The molecule has 4 rings (SSSR count). The minimum Gasteiger partial charge on any atom is -0.497 e. The summed E-state index contributed by atoms with van der Waals surface area (Å²) in [5, 5.41) is 10.6. The Morgan fingerprint density at radius 1 is 0.872 bits per heavy atom. The van der Waals surface area contributed by atoms with Crippen LogP contribution in [0.3, 0.4) is 0 Å². The molecule has 1 heterocycles.